The Bertz CT molecular complexity index is 290. The van der Waals surface area contributed by atoms with Crippen molar-refractivity contribution in [2.45, 2.75) is 44.8 Å². The van der Waals surface area contributed by atoms with Gasteiger partial charge in [0.2, 0.25) is 0 Å². The van der Waals surface area contributed by atoms with Crippen LogP contribution in [0.4, 0.5) is 0 Å². The van der Waals surface area contributed by atoms with Crippen molar-refractivity contribution >= 4 is 0 Å². The van der Waals surface area contributed by atoms with E-state index < -0.39 is 0 Å². The molecule has 2 nitrogen and oxygen atoms in total. The van der Waals surface area contributed by atoms with Crippen LogP contribution in [0.25, 0.3) is 0 Å². The molecule has 1 heterocycles. The Morgan fingerprint density at radius 1 is 1.15 bits per heavy atom. The molecule has 1 saturated carbocycles. The molecule has 0 bridgehead atoms. The Balaban J connectivity index is 2.08. The zero-order chi connectivity index (χ0) is 9.32. The summed E-state index contributed by atoms with van der Waals surface area (Å²) in [5, 5.41) is 0. The lowest BCUT2D eigenvalue weighted by Gasteiger charge is -2.59. The highest BCUT2D eigenvalue weighted by atomic mass is 17.2. The molecule has 0 amide bonds. The van der Waals surface area contributed by atoms with Gasteiger partial charge in [-0.05, 0) is 25.7 Å². The van der Waals surface area contributed by atoms with Crippen LogP contribution in [0.2, 0.25) is 0 Å². The first kappa shape index (κ1) is 8.01. The minimum absolute atomic E-state index is 0.0357. The summed E-state index contributed by atoms with van der Waals surface area (Å²) in [6.07, 6.45) is 6.83. The summed E-state index contributed by atoms with van der Waals surface area (Å²) in [5.74, 6) is 0.500. The first-order valence-electron chi connectivity index (χ1n) is 5.14. The monoisotopic (exact) mass is 180 g/mol. The van der Waals surface area contributed by atoms with Crippen LogP contribution in [0.5, 0.6) is 0 Å². The predicted octanol–water partition coefficient (Wildman–Crippen LogP) is 2.45. The largest absolute Gasteiger partial charge is 0.228 e. The Morgan fingerprint density at radius 3 is 2.23 bits per heavy atom. The van der Waals surface area contributed by atoms with Crippen molar-refractivity contribution in [1.82, 2.24) is 0 Å². The zero-order valence-electron chi connectivity index (χ0n) is 8.46. The molecule has 2 heteroatoms. The van der Waals surface area contributed by atoms with Gasteiger partial charge in [0.05, 0.1) is 5.41 Å². The number of rotatable bonds is 1. The van der Waals surface area contributed by atoms with E-state index in [2.05, 4.69) is 32.9 Å². The summed E-state index contributed by atoms with van der Waals surface area (Å²) >= 11 is 0. The van der Waals surface area contributed by atoms with Crippen LogP contribution in [0.15, 0.2) is 12.2 Å². The minimum atomic E-state index is -0.111. The maximum absolute atomic E-state index is 5.59. The van der Waals surface area contributed by atoms with Crippen LogP contribution in [-0.4, -0.2) is 11.2 Å². The number of hydrogen-bond donors (Lipinski definition) is 0. The van der Waals surface area contributed by atoms with Crippen molar-refractivity contribution in [3.8, 4) is 0 Å². The lowest BCUT2D eigenvalue weighted by molar-refractivity contribution is -0.345. The molecule has 1 aliphatic heterocycles. The third-order valence-corrected chi connectivity index (χ3v) is 4.47. The third-order valence-electron chi connectivity index (χ3n) is 4.47. The van der Waals surface area contributed by atoms with Gasteiger partial charge >= 0.3 is 0 Å². The molecule has 0 aromatic heterocycles. The molecule has 2 fully saturated rings. The maximum atomic E-state index is 5.59. The van der Waals surface area contributed by atoms with Crippen molar-refractivity contribution in [3.05, 3.63) is 12.2 Å². The second kappa shape index (κ2) is 1.86. The van der Waals surface area contributed by atoms with Crippen molar-refractivity contribution in [1.29, 1.82) is 0 Å². The van der Waals surface area contributed by atoms with E-state index >= 15 is 0 Å². The van der Waals surface area contributed by atoms with E-state index in [0.29, 0.717) is 5.92 Å². The van der Waals surface area contributed by atoms with Crippen LogP contribution in [0.3, 0.4) is 0 Å². The van der Waals surface area contributed by atoms with Crippen LogP contribution in [-0.2, 0) is 9.78 Å². The molecule has 3 unspecified atom stereocenters. The van der Waals surface area contributed by atoms with E-state index in [0.717, 1.165) is 6.42 Å². The maximum Gasteiger partial charge on any atom is 0.136 e. The van der Waals surface area contributed by atoms with Crippen LogP contribution < -0.4 is 0 Å². The lowest BCUT2D eigenvalue weighted by Crippen LogP contribution is -2.66. The summed E-state index contributed by atoms with van der Waals surface area (Å²) in [5.41, 5.74) is 0.0557. The minimum Gasteiger partial charge on any atom is -0.228 e. The summed E-state index contributed by atoms with van der Waals surface area (Å²) < 4.78 is 0. The predicted molar refractivity (Wildman–Crippen MR) is 49.0 cm³/mol. The zero-order valence-corrected chi connectivity index (χ0v) is 8.46. The van der Waals surface area contributed by atoms with Gasteiger partial charge in [-0.2, -0.15) is 0 Å². The Kier molecular flexibility index (Phi) is 1.15. The van der Waals surface area contributed by atoms with E-state index in [1.54, 1.807) is 0 Å². The number of hydrogen-bond acceptors (Lipinski definition) is 2. The van der Waals surface area contributed by atoms with Crippen molar-refractivity contribution in [3.63, 3.8) is 0 Å². The van der Waals surface area contributed by atoms with Crippen LogP contribution in [0, 0.1) is 11.3 Å². The summed E-state index contributed by atoms with van der Waals surface area (Å²) in [4.78, 5) is 11.1. The normalized spacial score (nSPS) is 56.9. The van der Waals surface area contributed by atoms with Gasteiger partial charge in [0.1, 0.15) is 11.2 Å². The molecular weight excluding hydrogens is 164 g/mol. The second-order valence-electron chi connectivity index (χ2n) is 5.15. The first-order chi connectivity index (χ1) is 6.06. The molecule has 72 valence electrons. The quantitative estimate of drug-likeness (QED) is 0.456. The molecule has 13 heavy (non-hydrogen) atoms. The summed E-state index contributed by atoms with van der Waals surface area (Å²) in [7, 11) is 0. The molecule has 1 spiro atoms. The molecule has 2 aliphatic carbocycles. The third kappa shape index (κ3) is 0.546. The van der Waals surface area contributed by atoms with Crippen molar-refractivity contribution in [2.75, 3.05) is 0 Å². The van der Waals surface area contributed by atoms with E-state index in [1.807, 2.05) is 0 Å². The SMILES string of the molecule is CC(C)C12C=CC13CCC3(C)OO2. The van der Waals surface area contributed by atoms with Gasteiger partial charge in [-0.15, -0.1) is 0 Å². The van der Waals surface area contributed by atoms with Gasteiger partial charge in [0, 0.05) is 0 Å². The van der Waals surface area contributed by atoms with E-state index in [9.17, 15) is 0 Å². The van der Waals surface area contributed by atoms with Gasteiger partial charge in [-0.25, -0.2) is 9.78 Å². The lowest BCUT2D eigenvalue weighted by atomic mass is 9.43. The van der Waals surface area contributed by atoms with E-state index in [-0.39, 0.29) is 16.6 Å². The van der Waals surface area contributed by atoms with Gasteiger partial charge < -0.3 is 0 Å². The molecule has 3 aliphatic rings. The second-order valence-corrected chi connectivity index (χ2v) is 5.15. The van der Waals surface area contributed by atoms with Crippen molar-refractivity contribution in [2.24, 2.45) is 11.3 Å². The highest BCUT2D eigenvalue weighted by Crippen LogP contribution is 2.71. The summed E-state index contributed by atoms with van der Waals surface area (Å²) in [6, 6.07) is 0. The Hall–Kier alpha value is -0.340. The topological polar surface area (TPSA) is 18.5 Å². The molecule has 0 N–H and O–H groups in total. The fraction of sp³-hybridized carbons (Fsp3) is 0.818. The van der Waals surface area contributed by atoms with Crippen LogP contribution in [0.1, 0.15) is 33.6 Å². The summed E-state index contributed by atoms with van der Waals surface area (Å²) in [6.45, 7) is 6.58. The Labute approximate surface area is 78.8 Å². The molecule has 0 aromatic rings. The van der Waals surface area contributed by atoms with Crippen molar-refractivity contribution < 1.29 is 9.78 Å². The smallest absolute Gasteiger partial charge is 0.136 e. The first-order valence-corrected chi connectivity index (χ1v) is 5.14. The highest BCUT2D eigenvalue weighted by Gasteiger charge is 2.77. The molecule has 0 radical (unpaired) electrons. The molecular formula is C11H16O2. The molecule has 1 saturated heterocycles. The van der Waals surface area contributed by atoms with Gasteiger partial charge in [0.15, 0.2) is 0 Å². The average Bonchev–Trinajstić information content (AvgIpc) is 2.09. The average molecular weight is 180 g/mol. The fourth-order valence-electron chi connectivity index (χ4n) is 3.25. The van der Waals surface area contributed by atoms with Gasteiger partial charge in [-0.3, -0.25) is 0 Å². The molecule has 3 rings (SSSR count). The van der Waals surface area contributed by atoms with E-state index in [1.165, 1.54) is 6.42 Å². The van der Waals surface area contributed by atoms with Gasteiger partial charge in [-0.1, -0.05) is 26.0 Å². The molecule has 3 atom stereocenters. The fourth-order valence-corrected chi connectivity index (χ4v) is 3.25. The molecule has 0 aromatic carbocycles. The van der Waals surface area contributed by atoms with Gasteiger partial charge in [0.25, 0.3) is 0 Å². The van der Waals surface area contributed by atoms with E-state index in [4.69, 9.17) is 9.78 Å². The Morgan fingerprint density at radius 2 is 1.92 bits per heavy atom. The van der Waals surface area contributed by atoms with Crippen LogP contribution >= 0.6 is 0 Å². The standard InChI is InChI=1S/C11H16O2/c1-8(2)11-7-6-10(11)5-4-9(10,3)12-13-11/h6-8H,4-5H2,1-3H3. The highest BCUT2D eigenvalue weighted by molar-refractivity contribution is 5.40.